The molecule has 0 unspecified atom stereocenters. The number of carbonyl (C=O) groups is 2. The van der Waals surface area contributed by atoms with Crippen LogP contribution in [0.5, 0.6) is 0 Å². The Balaban J connectivity index is 2.93. The topological polar surface area (TPSA) is 95.7 Å². The lowest BCUT2D eigenvalue weighted by atomic mass is 9.94. The Bertz CT molecular complexity index is 298. The van der Waals surface area contributed by atoms with Gasteiger partial charge in [-0.2, -0.15) is 0 Å². The van der Waals surface area contributed by atoms with Crippen LogP contribution in [0, 0.1) is 0 Å². The summed E-state index contributed by atoms with van der Waals surface area (Å²) in [6.45, 7) is 5.70. The van der Waals surface area contributed by atoms with E-state index in [1.165, 1.54) is 4.90 Å². The largest absolute Gasteiger partial charge is 0.465 e. The number of piperidine rings is 1. The molecule has 0 aromatic heterocycles. The summed E-state index contributed by atoms with van der Waals surface area (Å²) < 4.78 is 0. The number of nitrogens with one attached hydrogen (secondary N) is 1. The molecule has 0 radical (unpaired) electrons. The maximum Gasteiger partial charge on any atom is 0.408 e. The summed E-state index contributed by atoms with van der Waals surface area (Å²) in [5.41, 5.74) is 5.29. The highest BCUT2D eigenvalue weighted by Gasteiger charge is 2.39. The lowest BCUT2D eigenvalue weighted by Gasteiger charge is -2.43. The van der Waals surface area contributed by atoms with Crippen molar-refractivity contribution in [1.82, 2.24) is 10.2 Å². The molecule has 4 N–H and O–H groups in total. The number of nitrogens with two attached hydrogens (primary N) is 1. The van der Waals surface area contributed by atoms with Gasteiger partial charge in [0.15, 0.2) is 0 Å². The summed E-state index contributed by atoms with van der Waals surface area (Å²) in [6.07, 6.45) is -0.910. The first-order valence-electron chi connectivity index (χ1n) is 5.28. The third-order valence-corrected chi connectivity index (χ3v) is 2.68. The second kappa shape index (κ2) is 4.29. The highest BCUT2D eigenvalue weighted by molar-refractivity contribution is 5.79. The highest BCUT2D eigenvalue weighted by Crippen LogP contribution is 2.22. The molecule has 1 heterocycles. The minimum atomic E-state index is -1.04. The van der Waals surface area contributed by atoms with E-state index in [4.69, 9.17) is 5.73 Å². The van der Waals surface area contributed by atoms with E-state index in [9.17, 15) is 14.7 Å². The van der Waals surface area contributed by atoms with Crippen molar-refractivity contribution in [3.05, 3.63) is 0 Å². The van der Waals surface area contributed by atoms with E-state index in [-0.39, 0.29) is 18.4 Å². The Morgan fingerprint density at radius 1 is 1.56 bits per heavy atom. The second-order valence-corrected chi connectivity index (χ2v) is 5.06. The van der Waals surface area contributed by atoms with Gasteiger partial charge in [0, 0.05) is 24.5 Å². The average molecular weight is 229 g/mol. The van der Waals surface area contributed by atoms with Crippen molar-refractivity contribution in [2.75, 3.05) is 6.54 Å². The third kappa shape index (κ3) is 2.63. The number of hydrogen-bond acceptors (Lipinski definition) is 3. The molecule has 0 spiro atoms. The van der Waals surface area contributed by atoms with E-state index >= 15 is 0 Å². The van der Waals surface area contributed by atoms with E-state index in [1.807, 2.05) is 0 Å². The number of hydrogen-bond donors (Lipinski definition) is 3. The van der Waals surface area contributed by atoms with E-state index < -0.39 is 17.7 Å². The predicted octanol–water partition coefficient (Wildman–Crippen LogP) is -0.0193. The molecular weight excluding hydrogens is 210 g/mol. The van der Waals surface area contributed by atoms with Crippen molar-refractivity contribution in [2.24, 2.45) is 5.73 Å². The molecule has 6 nitrogen and oxygen atoms in total. The van der Waals surface area contributed by atoms with Crippen LogP contribution in [0.15, 0.2) is 0 Å². The maximum atomic E-state index is 11.3. The number of rotatable bonds is 1. The van der Waals surface area contributed by atoms with E-state index in [0.717, 1.165) is 0 Å². The normalized spacial score (nSPS) is 26.1. The Labute approximate surface area is 94.8 Å². The molecule has 0 aromatic rings. The SMILES string of the molecule is CC(C)(C)N(C(=O)O)[C@@H]1CC(=O)NC[C@@H]1N. The Kier molecular flexibility index (Phi) is 3.42. The first kappa shape index (κ1) is 12.8. The summed E-state index contributed by atoms with van der Waals surface area (Å²) in [5, 5.41) is 11.8. The minimum absolute atomic E-state index is 0.130. The Morgan fingerprint density at radius 3 is 2.56 bits per heavy atom. The van der Waals surface area contributed by atoms with Crippen LogP contribution in [0.2, 0.25) is 0 Å². The molecule has 92 valence electrons. The van der Waals surface area contributed by atoms with Crippen molar-refractivity contribution >= 4 is 12.0 Å². The van der Waals surface area contributed by atoms with Gasteiger partial charge in [0.25, 0.3) is 0 Å². The highest BCUT2D eigenvalue weighted by atomic mass is 16.4. The van der Waals surface area contributed by atoms with Crippen molar-refractivity contribution < 1.29 is 14.7 Å². The molecule has 1 aliphatic heterocycles. The molecule has 16 heavy (non-hydrogen) atoms. The van der Waals surface area contributed by atoms with Crippen molar-refractivity contribution in [3.8, 4) is 0 Å². The fourth-order valence-electron chi connectivity index (χ4n) is 1.99. The van der Waals surface area contributed by atoms with Gasteiger partial charge in [0.2, 0.25) is 5.91 Å². The van der Waals surface area contributed by atoms with E-state index in [1.54, 1.807) is 20.8 Å². The van der Waals surface area contributed by atoms with Crippen LogP contribution in [0.3, 0.4) is 0 Å². The standard InChI is InChI=1S/C10H19N3O3/c1-10(2,3)13(9(15)16)7-4-8(14)12-5-6(7)11/h6-7H,4-5,11H2,1-3H3,(H,12,14)(H,15,16)/t6-,7+/m0/s1. The molecular formula is C10H19N3O3. The molecule has 2 amide bonds. The Morgan fingerprint density at radius 2 is 2.12 bits per heavy atom. The summed E-state index contributed by atoms with van der Waals surface area (Å²) in [6, 6.07) is -0.806. The van der Waals surface area contributed by atoms with Gasteiger partial charge in [0.05, 0.1) is 6.04 Å². The molecule has 1 aliphatic rings. The van der Waals surface area contributed by atoms with Gasteiger partial charge in [-0.3, -0.25) is 9.69 Å². The van der Waals surface area contributed by atoms with Gasteiger partial charge in [-0.05, 0) is 20.8 Å². The molecule has 0 aliphatic carbocycles. The molecule has 1 rings (SSSR count). The van der Waals surface area contributed by atoms with Gasteiger partial charge in [0.1, 0.15) is 0 Å². The molecule has 6 heteroatoms. The quantitative estimate of drug-likeness (QED) is 0.589. The Hall–Kier alpha value is -1.30. The van der Waals surface area contributed by atoms with Crippen molar-refractivity contribution in [2.45, 2.75) is 44.8 Å². The van der Waals surface area contributed by atoms with Crippen LogP contribution in [0.1, 0.15) is 27.2 Å². The predicted molar refractivity (Wildman–Crippen MR) is 59.0 cm³/mol. The van der Waals surface area contributed by atoms with Crippen LogP contribution in [-0.2, 0) is 4.79 Å². The molecule has 0 aromatic carbocycles. The van der Waals surface area contributed by atoms with Gasteiger partial charge >= 0.3 is 6.09 Å². The van der Waals surface area contributed by atoms with Crippen LogP contribution in [-0.4, -0.2) is 46.2 Å². The van der Waals surface area contributed by atoms with Gasteiger partial charge in [-0.15, -0.1) is 0 Å². The fraction of sp³-hybridized carbons (Fsp3) is 0.800. The molecule has 0 bridgehead atoms. The minimum Gasteiger partial charge on any atom is -0.465 e. The summed E-state index contributed by atoms with van der Waals surface area (Å²) in [4.78, 5) is 23.8. The molecule has 1 saturated heterocycles. The fourth-order valence-corrected chi connectivity index (χ4v) is 1.99. The van der Waals surface area contributed by atoms with Crippen LogP contribution < -0.4 is 11.1 Å². The number of carbonyl (C=O) groups excluding carboxylic acids is 1. The first-order valence-corrected chi connectivity index (χ1v) is 5.28. The van der Waals surface area contributed by atoms with Gasteiger partial charge < -0.3 is 16.2 Å². The zero-order valence-electron chi connectivity index (χ0n) is 9.86. The average Bonchev–Trinajstić information content (AvgIpc) is 2.08. The number of amides is 2. The monoisotopic (exact) mass is 229 g/mol. The lowest BCUT2D eigenvalue weighted by Crippen LogP contribution is -2.63. The summed E-state index contributed by atoms with van der Waals surface area (Å²) in [5.74, 6) is -0.151. The molecule has 2 atom stereocenters. The lowest BCUT2D eigenvalue weighted by molar-refractivity contribution is -0.124. The molecule has 1 fully saturated rings. The van der Waals surface area contributed by atoms with Crippen LogP contribution >= 0.6 is 0 Å². The van der Waals surface area contributed by atoms with E-state index in [2.05, 4.69) is 5.32 Å². The van der Waals surface area contributed by atoms with Crippen molar-refractivity contribution in [1.29, 1.82) is 0 Å². The van der Waals surface area contributed by atoms with Gasteiger partial charge in [-0.25, -0.2) is 4.79 Å². The van der Waals surface area contributed by atoms with Gasteiger partial charge in [-0.1, -0.05) is 0 Å². The zero-order valence-corrected chi connectivity index (χ0v) is 9.86. The number of carboxylic acid groups (broad SMARTS) is 1. The summed E-state index contributed by atoms with van der Waals surface area (Å²) in [7, 11) is 0. The second-order valence-electron chi connectivity index (χ2n) is 5.06. The maximum absolute atomic E-state index is 11.3. The molecule has 0 saturated carbocycles. The van der Waals surface area contributed by atoms with Crippen LogP contribution in [0.25, 0.3) is 0 Å². The van der Waals surface area contributed by atoms with E-state index in [0.29, 0.717) is 6.54 Å². The smallest absolute Gasteiger partial charge is 0.408 e. The van der Waals surface area contributed by atoms with Crippen molar-refractivity contribution in [3.63, 3.8) is 0 Å². The number of nitrogens with zero attached hydrogens (tertiary/aromatic N) is 1. The van der Waals surface area contributed by atoms with Crippen LogP contribution in [0.4, 0.5) is 4.79 Å². The zero-order chi connectivity index (χ0) is 12.5. The third-order valence-electron chi connectivity index (χ3n) is 2.68. The summed E-state index contributed by atoms with van der Waals surface area (Å²) >= 11 is 0. The first-order chi connectivity index (χ1) is 7.23.